The second-order valence-corrected chi connectivity index (χ2v) is 8.18. The van der Waals surface area contributed by atoms with Crippen molar-refractivity contribution in [2.75, 3.05) is 43.0 Å². The van der Waals surface area contributed by atoms with Gasteiger partial charge in [0.05, 0.1) is 5.56 Å². The van der Waals surface area contributed by atoms with Crippen LogP contribution in [-0.4, -0.2) is 53.8 Å². The molecule has 2 fully saturated rings. The van der Waals surface area contributed by atoms with E-state index >= 15 is 0 Å². The van der Waals surface area contributed by atoms with Gasteiger partial charge in [0.25, 0.3) is 0 Å². The van der Waals surface area contributed by atoms with Crippen LogP contribution in [0.2, 0.25) is 0 Å². The van der Waals surface area contributed by atoms with Gasteiger partial charge in [-0.15, -0.1) is 0 Å². The number of fused-ring (bicyclic) bond motifs is 1. The Kier molecular flexibility index (Phi) is 4.93. The molecule has 0 radical (unpaired) electrons. The van der Waals surface area contributed by atoms with Crippen LogP contribution < -0.4 is 15.1 Å². The SMILES string of the molecule is CN[C@H]1C[C@H](n2cc(C#N)c3ccc(N4CCN(c5cccc(C#N)n5)CC4)nc32)C1. The Bertz CT molecular complexity index is 1190. The van der Waals surface area contributed by atoms with Gasteiger partial charge >= 0.3 is 0 Å². The Labute approximate surface area is 181 Å². The first-order valence-corrected chi connectivity index (χ1v) is 10.7. The van der Waals surface area contributed by atoms with Crippen molar-refractivity contribution < 1.29 is 0 Å². The van der Waals surface area contributed by atoms with E-state index in [2.05, 4.69) is 36.8 Å². The van der Waals surface area contributed by atoms with E-state index < -0.39 is 0 Å². The fourth-order valence-electron chi connectivity index (χ4n) is 4.54. The zero-order chi connectivity index (χ0) is 21.4. The summed E-state index contributed by atoms with van der Waals surface area (Å²) < 4.78 is 2.19. The van der Waals surface area contributed by atoms with Gasteiger partial charge in [-0.05, 0) is 44.2 Å². The second-order valence-electron chi connectivity index (χ2n) is 8.18. The highest BCUT2D eigenvalue weighted by molar-refractivity contribution is 5.85. The summed E-state index contributed by atoms with van der Waals surface area (Å²) in [4.78, 5) is 13.9. The lowest BCUT2D eigenvalue weighted by Crippen LogP contribution is -2.47. The first-order valence-electron chi connectivity index (χ1n) is 10.7. The quantitative estimate of drug-likeness (QED) is 0.703. The first-order chi connectivity index (χ1) is 15.2. The normalized spacial score (nSPS) is 20.9. The molecule has 0 bridgehead atoms. The van der Waals surface area contributed by atoms with Crippen molar-refractivity contribution in [3.63, 3.8) is 0 Å². The number of hydrogen-bond donors (Lipinski definition) is 1. The minimum Gasteiger partial charge on any atom is -0.353 e. The number of rotatable bonds is 4. The van der Waals surface area contributed by atoms with E-state index in [9.17, 15) is 5.26 Å². The van der Waals surface area contributed by atoms with Crippen LogP contribution in [0.1, 0.15) is 30.1 Å². The van der Waals surface area contributed by atoms with Crippen molar-refractivity contribution in [2.45, 2.75) is 24.9 Å². The van der Waals surface area contributed by atoms with Gasteiger partial charge in [0.1, 0.15) is 35.1 Å². The summed E-state index contributed by atoms with van der Waals surface area (Å²) in [6.45, 7) is 3.29. The van der Waals surface area contributed by atoms with Gasteiger partial charge in [0.15, 0.2) is 0 Å². The van der Waals surface area contributed by atoms with Crippen LogP contribution in [0.4, 0.5) is 11.6 Å². The molecular formula is C23H24N8. The number of nitriles is 2. The van der Waals surface area contributed by atoms with Gasteiger partial charge in [-0.2, -0.15) is 10.5 Å². The van der Waals surface area contributed by atoms with Gasteiger partial charge in [0.2, 0.25) is 0 Å². The van der Waals surface area contributed by atoms with E-state index in [0.29, 0.717) is 23.3 Å². The van der Waals surface area contributed by atoms with Crippen LogP contribution in [-0.2, 0) is 0 Å². The number of pyridine rings is 2. The van der Waals surface area contributed by atoms with Crippen LogP contribution in [0.25, 0.3) is 11.0 Å². The molecule has 1 aliphatic heterocycles. The third kappa shape index (κ3) is 3.45. The van der Waals surface area contributed by atoms with Crippen molar-refractivity contribution in [2.24, 2.45) is 0 Å². The molecule has 156 valence electrons. The highest BCUT2D eigenvalue weighted by atomic mass is 15.3. The molecule has 5 rings (SSSR count). The maximum Gasteiger partial charge on any atom is 0.143 e. The Morgan fingerprint density at radius 2 is 1.65 bits per heavy atom. The Hall–Kier alpha value is -3.62. The molecule has 0 atom stereocenters. The molecule has 8 nitrogen and oxygen atoms in total. The summed E-state index contributed by atoms with van der Waals surface area (Å²) in [5, 5.41) is 22.9. The van der Waals surface area contributed by atoms with Crippen molar-refractivity contribution in [1.29, 1.82) is 10.5 Å². The lowest BCUT2D eigenvalue weighted by molar-refractivity contribution is 0.240. The number of aromatic nitrogens is 3. The van der Waals surface area contributed by atoms with Gasteiger partial charge in [-0.1, -0.05) is 6.07 Å². The molecule has 0 aromatic carbocycles. The minimum atomic E-state index is 0.389. The standard InChI is InChI=1S/C23H24N8/c1-26-18-11-19(12-18)31-15-16(13-24)20-5-6-22(28-23(20)31)30-9-7-29(8-10-30)21-4-2-3-17(14-25)27-21/h2-6,15,18-19,26H,7-12H2,1H3/t18-,19-. The molecular weight excluding hydrogens is 388 g/mol. The fraction of sp³-hybridized carbons (Fsp3) is 0.391. The molecule has 8 heteroatoms. The summed E-state index contributed by atoms with van der Waals surface area (Å²) in [5.41, 5.74) is 2.03. The van der Waals surface area contributed by atoms with E-state index in [0.717, 1.165) is 61.7 Å². The maximum atomic E-state index is 9.57. The fourth-order valence-corrected chi connectivity index (χ4v) is 4.54. The van der Waals surface area contributed by atoms with Gasteiger partial charge in [-0.25, -0.2) is 9.97 Å². The maximum absolute atomic E-state index is 9.57. The molecule has 31 heavy (non-hydrogen) atoms. The average molecular weight is 413 g/mol. The van der Waals surface area contributed by atoms with Crippen molar-refractivity contribution >= 4 is 22.7 Å². The van der Waals surface area contributed by atoms with E-state index in [1.165, 1.54) is 0 Å². The van der Waals surface area contributed by atoms with E-state index in [1.807, 2.05) is 37.5 Å². The van der Waals surface area contributed by atoms with Crippen LogP contribution in [0.15, 0.2) is 36.5 Å². The van der Waals surface area contributed by atoms with Gasteiger partial charge < -0.3 is 19.7 Å². The third-order valence-electron chi connectivity index (χ3n) is 6.48. The van der Waals surface area contributed by atoms with Crippen LogP contribution in [0.3, 0.4) is 0 Å². The molecule has 0 amide bonds. The molecule has 1 aliphatic carbocycles. The zero-order valence-corrected chi connectivity index (χ0v) is 17.5. The van der Waals surface area contributed by atoms with Crippen molar-refractivity contribution in [3.05, 3.63) is 47.8 Å². The molecule has 1 saturated heterocycles. The van der Waals surface area contributed by atoms with Crippen LogP contribution >= 0.6 is 0 Å². The predicted molar refractivity (Wildman–Crippen MR) is 119 cm³/mol. The summed E-state index contributed by atoms with van der Waals surface area (Å²) in [6, 6.07) is 15.0. The van der Waals surface area contributed by atoms with Crippen LogP contribution in [0, 0.1) is 22.7 Å². The Morgan fingerprint density at radius 1 is 0.935 bits per heavy atom. The second kappa shape index (κ2) is 7.90. The average Bonchev–Trinajstić information content (AvgIpc) is 3.16. The number of anilines is 2. The number of nitrogens with zero attached hydrogens (tertiary/aromatic N) is 7. The van der Waals surface area contributed by atoms with Gasteiger partial charge in [0, 0.05) is 49.8 Å². The van der Waals surface area contributed by atoms with E-state index in [4.69, 9.17) is 10.2 Å². The topological polar surface area (TPSA) is 96.8 Å². The monoisotopic (exact) mass is 412 g/mol. The molecule has 0 spiro atoms. The van der Waals surface area contributed by atoms with E-state index in [1.54, 1.807) is 6.07 Å². The highest BCUT2D eigenvalue weighted by Gasteiger charge is 2.31. The molecule has 4 heterocycles. The van der Waals surface area contributed by atoms with Gasteiger partial charge in [-0.3, -0.25) is 0 Å². The molecule has 1 saturated carbocycles. The molecule has 3 aromatic heterocycles. The zero-order valence-electron chi connectivity index (χ0n) is 17.5. The molecule has 0 unspecified atom stereocenters. The third-order valence-corrected chi connectivity index (χ3v) is 6.48. The smallest absolute Gasteiger partial charge is 0.143 e. The lowest BCUT2D eigenvalue weighted by Gasteiger charge is -2.37. The Balaban J connectivity index is 1.36. The first kappa shape index (κ1) is 19.3. The number of nitrogens with one attached hydrogen (secondary N) is 1. The van der Waals surface area contributed by atoms with Crippen molar-refractivity contribution in [1.82, 2.24) is 19.9 Å². The molecule has 3 aromatic rings. The largest absolute Gasteiger partial charge is 0.353 e. The Morgan fingerprint density at radius 3 is 2.29 bits per heavy atom. The van der Waals surface area contributed by atoms with E-state index in [-0.39, 0.29) is 0 Å². The number of piperazine rings is 1. The lowest BCUT2D eigenvalue weighted by atomic mass is 9.87. The molecule has 1 N–H and O–H groups in total. The highest BCUT2D eigenvalue weighted by Crippen LogP contribution is 2.36. The minimum absolute atomic E-state index is 0.389. The van der Waals surface area contributed by atoms with Crippen LogP contribution in [0.5, 0.6) is 0 Å². The predicted octanol–water partition coefficient (Wildman–Crippen LogP) is 2.42. The summed E-state index contributed by atoms with van der Waals surface area (Å²) >= 11 is 0. The summed E-state index contributed by atoms with van der Waals surface area (Å²) in [5.74, 6) is 1.79. The van der Waals surface area contributed by atoms with Crippen molar-refractivity contribution in [3.8, 4) is 12.1 Å². The molecule has 2 aliphatic rings. The summed E-state index contributed by atoms with van der Waals surface area (Å²) in [6.07, 6.45) is 4.08. The summed E-state index contributed by atoms with van der Waals surface area (Å²) in [7, 11) is 2.00. The number of hydrogen-bond acceptors (Lipinski definition) is 7.